The first-order valence-electron chi connectivity index (χ1n) is 7.09. The van der Waals surface area contributed by atoms with Crippen molar-refractivity contribution in [3.8, 4) is 0 Å². The van der Waals surface area contributed by atoms with Crippen molar-refractivity contribution in [2.75, 3.05) is 11.9 Å². The first-order chi connectivity index (χ1) is 11.3. The second kappa shape index (κ2) is 7.87. The summed E-state index contributed by atoms with van der Waals surface area (Å²) in [6.07, 6.45) is -0.111. The van der Waals surface area contributed by atoms with Crippen LogP contribution in [0.5, 0.6) is 0 Å². The second-order valence-corrected chi connectivity index (χ2v) is 7.82. The average molecular weight is 415 g/mol. The number of benzene rings is 2. The Labute approximate surface area is 148 Å². The molecular formula is C16H16BrFN2O3S. The minimum atomic E-state index is -3.67. The number of carbonyl (C=O) groups is 1. The van der Waals surface area contributed by atoms with Gasteiger partial charge in [-0.1, -0.05) is 33.6 Å². The van der Waals surface area contributed by atoms with E-state index in [-0.39, 0.29) is 23.5 Å². The molecule has 0 aromatic heterocycles. The van der Waals surface area contributed by atoms with Gasteiger partial charge in [-0.15, -0.1) is 0 Å². The number of anilines is 1. The van der Waals surface area contributed by atoms with Gasteiger partial charge in [0.1, 0.15) is 5.82 Å². The summed E-state index contributed by atoms with van der Waals surface area (Å²) < 4.78 is 40.7. The molecule has 0 atom stereocenters. The molecule has 2 aromatic rings. The first-order valence-corrected chi connectivity index (χ1v) is 9.37. The molecule has 0 radical (unpaired) electrons. The Kier molecular flexibility index (Phi) is 6.09. The summed E-state index contributed by atoms with van der Waals surface area (Å²) in [6, 6.07) is 10.6. The zero-order valence-electron chi connectivity index (χ0n) is 12.8. The number of hydrogen-bond acceptors (Lipinski definition) is 3. The van der Waals surface area contributed by atoms with E-state index in [0.29, 0.717) is 4.47 Å². The molecule has 24 heavy (non-hydrogen) atoms. The Morgan fingerprint density at radius 3 is 2.46 bits per heavy atom. The molecule has 0 aliphatic rings. The van der Waals surface area contributed by atoms with Crippen molar-refractivity contribution < 1.29 is 17.6 Å². The zero-order valence-corrected chi connectivity index (χ0v) is 15.2. The lowest BCUT2D eigenvalue weighted by molar-refractivity contribution is -0.116. The van der Waals surface area contributed by atoms with Crippen LogP contribution in [0.15, 0.2) is 51.8 Å². The van der Waals surface area contributed by atoms with Crippen molar-refractivity contribution in [2.45, 2.75) is 18.2 Å². The lowest BCUT2D eigenvalue weighted by Gasteiger charge is -2.08. The number of rotatable bonds is 6. The second-order valence-electron chi connectivity index (χ2n) is 5.13. The predicted molar refractivity (Wildman–Crippen MR) is 93.7 cm³/mol. The van der Waals surface area contributed by atoms with Crippen molar-refractivity contribution in [2.24, 2.45) is 0 Å². The van der Waals surface area contributed by atoms with Crippen LogP contribution in [0.3, 0.4) is 0 Å². The molecule has 2 aromatic carbocycles. The number of nitrogens with one attached hydrogen (secondary N) is 2. The maximum atomic E-state index is 13.6. The van der Waals surface area contributed by atoms with Crippen LogP contribution in [-0.2, 0) is 14.8 Å². The van der Waals surface area contributed by atoms with Crippen LogP contribution >= 0.6 is 15.9 Å². The molecule has 0 heterocycles. The third-order valence-corrected chi connectivity index (χ3v) is 5.15. The molecule has 0 unspecified atom stereocenters. The zero-order chi connectivity index (χ0) is 17.7. The number of carbonyl (C=O) groups excluding carboxylic acids is 1. The van der Waals surface area contributed by atoms with Crippen LogP contribution in [0, 0.1) is 12.7 Å². The summed E-state index contributed by atoms with van der Waals surface area (Å²) in [5, 5.41) is 2.40. The fourth-order valence-electron chi connectivity index (χ4n) is 1.90. The van der Waals surface area contributed by atoms with Gasteiger partial charge in [-0.3, -0.25) is 4.79 Å². The van der Waals surface area contributed by atoms with Gasteiger partial charge in [0.25, 0.3) is 0 Å². The predicted octanol–water partition coefficient (Wildman–Crippen LogP) is 3.20. The van der Waals surface area contributed by atoms with Crippen molar-refractivity contribution in [3.05, 3.63) is 58.3 Å². The lowest BCUT2D eigenvalue weighted by atomic mass is 10.2. The summed E-state index contributed by atoms with van der Waals surface area (Å²) in [7, 11) is -3.67. The van der Waals surface area contributed by atoms with Gasteiger partial charge in [0.05, 0.1) is 10.6 Å². The van der Waals surface area contributed by atoms with Gasteiger partial charge in [0, 0.05) is 17.4 Å². The summed E-state index contributed by atoms with van der Waals surface area (Å²) in [5.74, 6) is -1.05. The molecule has 128 valence electrons. The Morgan fingerprint density at radius 1 is 1.17 bits per heavy atom. The molecule has 0 bridgehead atoms. The smallest absolute Gasteiger partial charge is 0.240 e. The Morgan fingerprint density at radius 2 is 1.83 bits per heavy atom. The van der Waals surface area contributed by atoms with E-state index in [4.69, 9.17) is 0 Å². The van der Waals surface area contributed by atoms with E-state index in [2.05, 4.69) is 26.0 Å². The van der Waals surface area contributed by atoms with Crippen LogP contribution in [0.2, 0.25) is 0 Å². The maximum Gasteiger partial charge on any atom is 0.240 e. The molecule has 0 spiro atoms. The number of amides is 1. The number of sulfonamides is 1. The summed E-state index contributed by atoms with van der Waals surface area (Å²) >= 11 is 3.12. The molecule has 8 heteroatoms. The number of aryl methyl sites for hydroxylation is 1. The van der Waals surface area contributed by atoms with Crippen LogP contribution in [0.25, 0.3) is 0 Å². The standard InChI is InChI=1S/C16H16BrFN2O3S/c1-11-2-5-13(6-3-11)24(22,23)19-9-8-16(21)20-15-7-4-12(17)10-14(15)18/h2-7,10,19H,8-9H2,1H3,(H,20,21). The highest BCUT2D eigenvalue weighted by atomic mass is 79.9. The quantitative estimate of drug-likeness (QED) is 0.761. The highest BCUT2D eigenvalue weighted by Gasteiger charge is 2.14. The highest BCUT2D eigenvalue weighted by molar-refractivity contribution is 9.10. The summed E-state index contributed by atoms with van der Waals surface area (Å²) in [5.41, 5.74) is 0.995. The van der Waals surface area contributed by atoms with E-state index in [1.54, 1.807) is 18.2 Å². The molecule has 0 aliphatic carbocycles. The van der Waals surface area contributed by atoms with Crippen LogP contribution in [-0.4, -0.2) is 20.9 Å². The van der Waals surface area contributed by atoms with E-state index in [0.717, 1.165) is 5.56 Å². The first kappa shape index (κ1) is 18.6. The van der Waals surface area contributed by atoms with Crippen molar-refractivity contribution in [3.63, 3.8) is 0 Å². The van der Waals surface area contributed by atoms with Gasteiger partial charge in [-0.25, -0.2) is 17.5 Å². The maximum absolute atomic E-state index is 13.6. The normalized spacial score (nSPS) is 11.3. The molecule has 5 nitrogen and oxygen atoms in total. The third-order valence-electron chi connectivity index (χ3n) is 3.18. The minimum absolute atomic E-state index is 0.0459. The molecule has 0 saturated heterocycles. The largest absolute Gasteiger partial charge is 0.324 e. The van der Waals surface area contributed by atoms with E-state index in [1.165, 1.54) is 24.3 Å². The Hall–Kier alpha value is -1.77. The van der Waals surface area contributed by atoms with E-state index >= 15 is 0 Å². The van der Waals surface area contributed by atoms with Crippen molar-refractivity contribution >= 4 is 37.5 Å². The van der Waals surface area contributed by atoms with Crippen LogP contribution in [0.4, 0.5) is 10.1 Å². The third kappa shape index (κ3) is 5.12. The SMILES string of the molecule is Cc1ccc(S(=O)(=O)NCCC(=O)Nc2ccc(Br)cc2F)cc1. The van der Waals surface area contributed by atoms with Gasteiger partial charge < -0.3 is 5.32 Å². The van der Waals surface area contributed by atoms with E-state index < -0.39 is 21.7 Å². The average Bonchev–Trinajstić information content (AvgIpc) is 2.50. The topological polar surface area (TPSA) is 75.3 Å². The number of hydrogen-bond donors (Lipinski definition) is 2. The Balaban J connectivity index is 1.89. The fraction of sp³-hybridized carbons (Fsp3) is 0.188. The van der Waals surface area contributed by atoms with Crippen LogP contribution < -0.4 is 10.0 Å². The monoisotopic (exact) mass is 414 g/mol. The molecule has 0 fully saturated rings. The molecule has 2 rings (SSSR count). The molecule has 2 N–H and O–H groups in total. The molecule has 0 saturated carbocycles. The van der Waals surface area contributed by atoms with E-state index in [9.17, 15) is 17.6 Å². The Bertz CT molecular complexity index is 839. The molecule has 1 amide bonds. The van der Waals surface area contributed by atoms with Crippen molar-refractivity contribution in [1.29, 1.82) is 0 Å². The minimum Gasteiger partial charge on any atom is -0.324 e. The van der Waals surface area contributed by atoms with Crippen molar-refractivity contribution in [1.82, 2.24) is 4.72 Å². The van der Waals surface area contributed by atoms with E-state index in [1.807, 2.05) is 6.92 Å². The molecular weight excluding hydrogens is 399 g/mol. The molecule has 0 aliphatic heterocycles. The summed E-state index contributed by atoms with van der Waals surface area (Å²) in [6.45, 7) is 1.77. The number of halogens is 2. The highest BCUT2D eigenvalue weighted by Crippen LogP contribution is 2.19. The fourth-order valence-corrected chi connectivity index (χ4v) is 3.27. The van der Waals surface area contributed by atoms with Gasteiger partial charge >= 0.3 is 0 Å². The van der Waals surface area contributed by atoms with Gasteiger partial charge in [-0.2, -0.15) is 0 Å². The summed E-state index contributed by atoms with van der Waals surface area (Å²) in [4.78, 5) is 11.9. The van der Waals surface area contributed by atoms with Gasteiger partial charge in [0.2, 0.25) is 15.9 Å². The van der Waals surface area contributed by atoms with Gasteiger partial charge in [0.15, 0.2) is 0 Å². The van der Waals surface area contributed by atoms with Gasteiger partial charge in [-0.05, 0) is 37.3 Å². The lowest BCUT2D eigenvalue weighted by Crippen LogP contribution is -2.28. The van der Waals surface area contributed by atoms with Crippen LogP contribution in [0.1, 0.15) is 12.0 Å².